The molecule has 1 aliphatic heterocycles. The average molecular weight is 277 g/mol. The number of nitrogens with one attached hydrogen (secondary N) is 1. The Morgan fingerprint density at radius 1 is 1.35 bits per heavy atom. The van der Waals surface area contributed by atoms with Crippen molar-refractivity contribution < 1.29 is 5.11 Å². The first-order chi connectivity index (χ1) is 9.55. The lowest BCUT2D eigenvalue weighted by Crippen LogP contribution is -2.42. The molecule has 0 bridgehead atoms. The van der Waals surface area contributed by atoms with E-state index in [1.54, 1.807) is 0 Å². The molecular formula is C16H27N3O. The van der Waals surface area contributed by atoms with Crippen LogP contribution in [0.3, 0.4) is 0 Å². The summed E-state index contributed by atoms with van der Waals surface area (Å²) >= 11 is 0. The van der Waals surface area contributed by atoms with E-state index in [1.807, 2.05) is 13.1 Å². The van der Waals surface area contributed by atoms with Crippen molar-refractivity contribution in [3.8, 4) is 0 Å². The number of aliphatic hydroxyl groups is 1. The molecule has 1 aromatic heterocycles. The molecule has 0 saturated carbocycles. The highest BCUT2D eigenvalue weighted by Crippen LogP contribution is 2.26. The Kier molecular flexibility index (Phi) is 5.00. The maximum absolute atomic E-state index is 10.00. The fraction of sp³-hybridized carbons (Fsp3) is 0.688. The molecule has 0 aliphatic carbocycles. The SMILES string of the molecule is CCNC(CC)c1ccc(N2CCC(C)(O)CC2)cn1. The van der Waals surface area contributed by atoms with E-state index in [4.69, 9.17) is 0 Å². The molecule has 1 unspecified atom stereocenters. The summed E-state index contributed by atoms with van der Waals surface area (Å²) in [4.78, 5) is 6.92. The lowest BCUT2D eigenvalue weighted by Gasteiger charge is -2.37. The van der Waals surface area contributed by atoms with Gasteiger partial charge in [0, 0.05) is 19.1 Å². The van der Waals surface area contributed by atoms with E-state index in [1.165, 1.54) is 0 Å². The topological polar surface area (TPSA) is 48.4 Å². The minimum atomic E-state index is -0.498. The molecule has 1 aromatic rings. The van der Waals surface area contributed by atoms with Crippen LogP contribution in [0.1, 0.15) is 51.8 Å². The third kappa shape index (κ3) is 3.70. The molecule has 1 atom stereocenters. The summed E-state index contributed by atoms with van der Waals surface area (Å²) in [6.45, 7) is 8.99. The van der Waals surface area contributed by atoms with Gasteiger partial charge >= 0.3 is 0 Å². The molecule has 0 aromatic carbocycles. The second kappa shape index (κ2) is 6.55. The van der Waals surface area contributed by atoms with E-state index in [9.17, 15) is 5.11 Å². The number of rotatable bonds is 5. The van der Waals surface area contributed by atoms with Gasteiger partial charge in [-0.05, 0) is 44.9 Å². The van der Waals surface area contributed by atoms with Gasteiger partial charge in [-0.15, -0.1) is 0 Å². The highest BCUT2D eigenvalue weighted by Gasteiger charge is 2.27. The lowest BCUT2D eigenvalue weighted by molar-refractivity contribution is 0.0351. The van der Waals surface area contributed by atoms with Crippen LogP contribution in [0.2, 0.25) is 0 Å². The predicted octanol–water partition coefficient (Wildman–Crippen LogP) is 2.49. The Hall–Kier alpha value is -1.13. The van der Waals surface area contributed by atoms with Gasteiger partial charge < -0.3 is 15.3 Å². The Balaban J connectivity index is 2.01. The van der Waals surface area contributed by atoms with Crippen LogP contribution in [-0.4, -0.2) is 35.3 Å². The van der Waals surface area contributed by atoms with E-state index in [-0.39, 0.29) is 0 Å². The van der Waals surface area contributed by atoms with Crippen molar-refractivity contribution in [2.24, 2.45) is 0 Å². The second-order valence-corrected chi connectivity index (χ2v) is 5.94. The van der Waals surface area contributed by atoms with Crippen molar-refractivity contribution in [2.45, 2.75) is 51.7 Å². The zero-order valence-corrected chi connectivity index (χ0v) is 12.9. The molecule has 112 valence electrons. The van der Waals surface area contributed by atoms with E-state index in [0.717, 1.165) is 50.3 Å². The zero-order valence-electron chi connectivity index (χ0n) is 12.9. The zero-order chi connectivity index (χ0) is 14.6. The molecular weight excluding hydrogens is 250 g/mol. The standard InChI is InChI=1S/C16H27N3O/c1-4-14(17-5-2)15-7-6-13(12-18-15)19-10-8-16(3,20)9-11-19/h6-7,12,14,17,20H,4-5,8-11H2,1-3H3. The van der Waals surface area contributed by atoms with Crippen molar-refractivity contribution >= 4 is 5.69 Å². The summed E-state index contributed by atoms with van der Waals surface area (Å²) in [6, 6.07) is 4.62. The number of hydrogen-bond acceptors (Lipinski definition) is 4. The first kappa shape index (κ1) is 15.3. The van der Waals surface area contributed by atoms with Crippen LogP contribution in [0.25, 0.3) is 0 Å². The van der Waals surface area contributed by atoms with Crippen LogP contribution in [0.15, 0.2) is 18.3 Å². The maximum Gasteiger partial charge on any atom is 0.0653 e. The van der Waals surface area contributed by atoms with E-state index >= 15 is 0 Å². The summed E-state index contributed by atoms with van der Waals surface area (Å²) in [5, 5.41) is 13.4. The molecule has 2 heterocycles. The van der Waals surface area contributed by atoms with Crippen molar-refractivity contribution in [2.75, 3.05) is 24.5 Å². The number of aromatic nitrogens is 1. The van der Waals surface area contributed by atoms with Crippen molar-refractivity contribution in [1.29, 1.82) is 0 Å². The van der Waals surface area contributed by atoms with Crippen LogP contribution >= 0.6 is 0 Å². The molecule has 0 radical (unpaired) electrons. The van der Waals surface area contributed by atoms with Gasteiger partial charge in [-0.3, -0.25) is 4.98 Å². The summed E-state index contributed by atoms with van der Waals surface area (Å²) in [7, 11) is 0. The number of piperidine rings is 1. The third-order valence-corrected chi connectivity index (χ3v) is 4.19. The highest BCUT2D eigenvalue weighted by atomic mass is 16.3. The monoisotopic (exact) mass is 277 g/mol. The van der Waals surface area contributed by atoms with Crippen molar-refractivity contribution in [3.63, 3.8) is 0 Å². The van der Waals surface area contributed by atoms with Crippen LogP contribution < -0.4 is 10.2 Å². The van der Waals surface area contributed by atoms with Gasteiger partial charge in [-0.25, -0.2) is 0 Å². The van der Waals surface area contributed by atoms with Crippen molar-refractivity contribution in [3.05, 3.63) is 24.0 Å². The fourth-order valence-corrected chi connectivity index (χ4v) is 2.74. The second-order valence-electron chi connectivity index (χ2n) is 5.94. The van der Waals surface area contributed by atoms with Gasteiger partial charge in [0.05, 0.1) is 23.2 Å². The molecule has 20 heavy (non-hydrogen) atoms. The number of anilines is 1. The Morgan fingerprint density at radius 2 is 2.05 bits per heavy atom. The Bertz CT molecular complexity index is 406. The number of hydrogen-bond donors (Lipinski definition) is 2. The van der Waals surface area contributed by atoms with Crippen LogP contribution in [-0.2, 0) is 0 Å². The normalized spacial score (nSPS) is 19.9. The molecule has 4 nitrogen and oxygen atoms in total. The van der Waals surface area contributed by atoms with Gasteiger partial charge in [0.15, 0.2) is 0 Å². The van der Waals surface area contributed by atoms with Crippen molar-refractivity contribution in [1.82, 2.24) is 10.3 Å². The summed E-state index contributed by atoms with van der Waals surface area (Å²) in [5.41, 5.74) is 1.78. The third-order valence-electron chi connectivity index (χ3n) is 4.19. The molecule has 1 saturated heterocycles. The Labute approximate surface area is 122 Å². The van der Waals surface area contributed by atoms with Gasteiger partial charge in [-0.2, -0.15) is 0 Å². The summed E-state index contributed by atoms with van der Waals surface area (Å²) < 4.78 is 0. The molecule has 1 fully saturated rings. The average Bonchev–Trinajstić information content (AvgIpc) is 2.45. The quantitative estimate of drug-likeness (QED) is 0.868. The first-order valence-electron chi connectivity index (χ1n) is 7.72. The molecule has 0 spiro atoms. The fourth-order valence-electron chi connectivity index (χ4n) is 2.74. The Morgan fingerprint density at radius 3 is 2.55 bits per heavy atom. The first-order valence-corrected chi connectivity index (χ1v) is 7.72. The summed E-state index contributed by atoms with van der Waals surface area (Å²) in [6.07, 6.45) is 4.66. The van der Waals surface area contributed by atoms with Crippen LogP contribution in [0, 0.1) is 0 Å². The molecule has 4 heteroatoms. The van der Waals surface area contributed by atoms with Gasteiger partial charge in [0.2, 0.25) is 0 Å². The molecule has 0 amide bonds. The van der Waals surface area contributed by atoms with Crippen LogP contribution in [0.4, 0.5) is 5.69 Å². The van der Waals surface area contributed by atoms with Gasteiger partial charge in [0.25, 0.3) is 0 Å². The molecule has 2 rings (SSSR count). The summed E-state index contributed by atoms with van der Waals surface area (Å²) in [5.74, 6) is 0. The largest absolute Gasteiger partial charge is 0.390 e. The highest BCUT2D eigenvalue weighted by molar-refractivity contribution is 5.45. The minimum Gasteiger partial charge on any atom is -0.390 e. The van der Waals surface area contributed by atoms with Gasteiger partial charge in [0.1, 0.15) is 0 Å². The van der Waals surface area contributed by atoms with Crippen LogP contribution in [0.5, 0.6) is 0 Å². The van der Waals surface area contributed by atoms with E-state index in [0.29, 0.717) is 6.04 Å². The lowest BCUT2D eigenvalue weighted by atomic mass is 9.93. The molecule has 1 aliphatic rings. The maximum atomic E-state index is 10.00. The number of pyridine rings is 1. The van der Waals surface area contributed by atoms with Gasteiger partial charge in [-0.1, -0.05) is 13.8 Å². The molecule has 2 N–H and O–H groups in total. The smallest absolute Gasteiger partial charge is 0.0653 e. The van der Waals surface area contributed by atoms with E-state index in [2.05, 4.69) is 41.2 Å². The van der Waals surface area contributed by atoms with E-state index < -0.39 is 5.60 Å². The number of nitrogens with zero attached hydrogens (tertiary/aromatic N) is 2. The predicted molar refractivity (Wildman–Crippen MR) is 83.0 cm³/mol. The minimum absolute atomic E-state index is 0.344.